The van der Waals surface area contributed by atoms with E-state index in [1.165, 1.54) is 17.2 Å². The highest BCUT2D eigenvalue weighted by atomic mass is 19.1. The van der Waals surface area contributed by atoms with Crippen LogP contribution in [0.2, 0.25) is 0 Å². The summed E-state index contributed by atoms with van der Waals surface area (Å²) in [5.74, 6) is -0.190. The smallest absolute Gasteiger partial charge is 0.243 e. The fourth-order valence-corrected chi connectivity index (χ4v) is 4.08. The van der Waals surface area contributed by atoms with Crippen molar-refractivity contribution in [2.75, 3.05) is 13.1 Å². The summed E-state index contributed by atoms with van der Waals surface area (Å²) < 4.78 is 14.0. The summed E-state index contributed by atoms with van der Waals surface area (Å²) in [7, 11) is 0. The van der Waals surface area contributed by atoms with Crippen LogP contribution in [-0.4, -0.2) is 34.9 Å². The lowest BCUT2D eigenvalue weighted by Crippen LogP contribution is -2.32. The molecule has 36 heavy (non-hydrogen) atoms. The lowest BCUT2D eigenvalue weighted by Gasteiger charge is -2.26. The molecule has 5 heteroatoms. The molecule has 0 fully saturated rings. The molecule has 0 radical (unpaired) electrons. The maximum absolute atomic E-state index is 14.0. The van der Waals surface area contributed by atoms with Gasteiger partial charge in [0.2, 0.25) is 5.91 Å². The Labute approximate surface area is 215 Å². The van der Waals surface area contributed by atoms with E-state index in [-0.39, 0.29) is 11.7 Å². The summed E-state index contributed by atoms with van der Waals surface area (Å²) in [6.45, 7) is 6.76. The molecule has 2 aromatic carbocycles. The molecule has 0 bridgehead atoms. The van der Waals surface area contributed by atoms with Crippen LogP contribution >= 0.6 is 0 Å². The molecule has 0 aliphatic rings. The molecule has 0 spiro atoms. The van der Waals surface area contributed by atoms with Gasteiger partial charge in [-0.1, -0.05) is 55.0 Å². The summed E-state index contributed by atoms with van der Waals surface area (Å²) >= 11 is 0. The van der Waals surface area contributed by atoms with Crippen molar-refractivity contribution in [2.24, 2.45) is 0 Å². The Kier molecular flexibility index (Phi) is 11.3. The van der Waals surface area contributed by atoms with Gasteiger partial charge in [0.15, 0.2) is 0 Å². The zero-order chi connectivity index (χ0) is 25.6. The number of carbonyl (C=O) groups excluding carboxylic acids is 1. The van der Waals surface area contributed by atoms with E-state index in [1.807, 2.05) is 24.3 Å². The minimum Gasteiger partial charge on any atom is -0.353 e. The van der Waals surface area contributed by atoms with Crippen molar-refractivity contribution in [3.8, 4) is 0 Å². The van der Waals surface area contributed by atoms with E-state index in [0.717, 1.165) is 49.9 Å². The highest BCUT2D eigenvalue weighted by Crippen LogP contribution is 2.14. The predicted molar refractivity (Wildman–Crippen MR) is 146 cm³/mol. The molecule has 1 amide bonds. The molecule has 1 N–H and O–H groups in total. The number of hydrogen-bond donors (Lipinski definition) is 1. The first-order chi connectivity index (χ1) is 17.5. The van der Waals surface area contributed by atoms with E-state index in [0.29, 0.717) is 19.0 Å². The second kappa shape index (κ2) is 14.9. The van der Waals surface area contributed by atoms with Crippen LogP contribution in [0.25, 0.3) is 6.08 Å². The molecule has 3 rings (SSSR count). The summed E-state index contributed by atoms with van der Waals surface area (Å²) in [6, 6.07) is 20.1. The molecule has 4 nitrogen and oxygen atoms in total. The van der Waals surface area contributed by atoms with Gasteiger partial charge in [0.1, 0.15) is 5.82 Å². The second-order valence-electron chi connectivity index (χ2n) is 9.44. The quantitative estimate of drug-likeness (QED) is 0.217. The molecule has 0 aliphatic heterocycles. The Bertz CT molecular complexity index is 1080. The van der Waals surface area contributed by atoms with Gasteiger partial charge in [-0.15, -0.1) is 0 Å². The predicted octanol–water partition coefficient (Wildman–Crippen LogP) is 6.22. The van der Waals surface area contributed by atoms with Crippen LogP contribution in [0, 0.1) is 5.82 Å². The van der Waals surface area contributed by atoms with Crippen molar-refractivity contribution in [1.82, 2.24) is 15.2 Å². The van der Waals surface area contributed by atoms with Crippen LogP contribution in [0.1, 0.15) is 55.4 Å². The standard InChI is InChI=1S/C31H38FN3O/c1-25(2)35(22-19-29-11-5-6-12-30(29)32)24-28-15-13-26(14-16-28)9-4-3-7-21-34-31(36)18-17-27-10-8-20-33-23-27/h5-6,8,10-18,20,23,25H,3-4,7,9,19,21-22,24H2,1-2H3,(H,34,36)/b18-17+. The Morgan fingerprint density at radius 1 is 0.972 bits per heavy atom. The molecule has 190 valence electrons. The Morgan fingerprint density at radius 2 is 1.75 bits per heavy atom. The fraction of sp³-hybridized carbons (Fsp3) is 0.355. The number of nitrogens with one attached hydrogen (secondary N) is 1. The molecule has 3 aromatic rings. The minimum atomic E-state index is -0.120. The van der Waals surface area contributed by atoms with Gasteiger partial charge in [-0.25, -0.2) is 4.39 Å². The normalized spacial score (nSPS) is 11.5. The maximum Gasteiger partial charge on any atom is 0.243 e. The van der Waals surface area contributed by atoms with Gasteiger partial charge in [-0.05, 0) is 80.0 Å². The van der Waals surface area contributed by atoms with Gasteiger partial charge in [-0.3, -0.25) is 14.7 Å². The van der Waals surface area contributed by atoms with Gasteiger partial charge in [0.05, 0.1) is 0 Å². The van der Waals surface area contributed by atoms with E-state index >= 15 is 0 Å². The molecule has 0 saturated heterocycles. The van der Waals surface area contributed by atoms with Crippen molar-refractivity contribution < 1.29 is 9.18 Å². The third-order valence-electron chi connectivity index (χ3n) is 6.32. The van der Waals surface area contributed by atoms with Gasteiger partial charge in [0.25, 0.3) is 0 Å². The number of hydrogen-bond acceptors (Lipinski definition) is 3. The van der Waals surface area contributed by atoms with Crippen LogP contribution in [0.15, 0.2) is 79.1 Å². The number of nitrogens with zero attached hydrogens (tertiary/aromatic N) is 2. The lowest BCUT2D eigenvalue weighted by molar-refractivity contribution is -0.116. The summed E-state index contributed by atoms with van der Waals surface area (Å²) in [5, 5.41) is 2.94. The third-order valence-corrected chi connectivity index (χ3v) is 6.32. The zero-order valence-electron chi connectivity index (χ0n) is 21.5. The topological polar surface area (TPSA) is 45.2 Å². The van der Waals surface area contributed by atoms with E-state index in [2.05, 4.69) is 53.3 Å². The van der Waals surface area contributed by atoms with E-state index in [1.54, 1.807) is 30.6 Å². The molecular formula is C31H38FN3O. The fourth-order valence-electron chi connectivity index (χ4n) is 4.08. The average molecular weight is 488 g/mol. The van der Waals surface area contributed by atoms with E-state index in [9.17, 15) is 9.18 Å². The Balaban J connectivity index is 1.33. The number of amides is 1. The first kappa shape index (κ1) is 27.3. The highest BCUT2D eigenvalue weighted by molar-refractivity contribution is 5.91. The van der Waals surface area contributed by atoms with E-state index < -0.39 is 0 Å². The number of rotatable bonds is 14. The van der Waals surface area contributed by atoms with E-state index in [4.69, 9.17) is 0 Å². The molecule has 0 saturated carbocycles. The maximum atomic E-state index is 14.0. The first-order valence-corrected chi connectivity index (χ1v) is 12.9. The molecule has 1 heterocycles. The number of unbranched alkanes of at least 4 members (excludes halogenated alkanes) is 2. The number of pyridine rings is 1. The number of aromatic nitrogens is 1. The third kappa shape index (κ3) is 9.74. The molecule has 0 atom stereocenters. The minimum absolute atomic E-state index is 0.0706. The Morgan fingerprint density at radius 3 is 2.47 bits per heavy atom. The SMILES string of the molecule is CC(C)N(CCc1ccccc1F)Cc1ccc(CCCCCNC(=O)/C=C/c2cccnc2)cc1. The Hall–Kier alpha value is -3.31. The second-order valence-corrected chi connectivity index (χ2v) is 9.44. The van der Waals surface area contributed by atoms with Crippen molar-refractivity contribution in [3.05, 3.63) is 107 Å². The van der Waals surface area contributed by atoms with Gasteiger partial charge in [-0.2, -0.15) is 0 Å². The van der Waals surface area contributed by atoms with Gasteiger partial charge in [0, 0.05) is 44.1 Å². The average Bonchev–Trinajstić information content (AvgIpc) is 2.89. The number of aryl methyl sites for hydroxylation is 1. The molecule has 0 unspecified atom stereocenters. The van der Waals surface area contributed by atoms with Crippen LogP contribution in [0.3, 0.4) is 0 Å². The van der Waals surface area contributed by atoms with Crippen LogP contribution in [0.4, 0.5) is 4.39 Å². The molecule has 1 aromatic heterocycles. The molecule has 0 aliphatic carbocycles. The van der Waals surface area contributed by atoms with Crippen LogP contribution in [-0.2, 0) is 24.2 Å². The van der Waals surface area contributed by atoms with Crippen LogP contribution < -0.4 is 5.32 Å². The zero-order valence-corrected chi connectivity index (χ0v) is 21.5. The largest absolute Gasteiger partial charge is 0.353 e. The van der Waals surface area contributed by atoms with Crippen molar-refractivity contribution >= 4 is 12.0 Å². The lowest BCUT2D eigenvalue weighted by atomic mass is 10.0. The van der Waals surface area contributed by atoms with Crippen LogP contribution in [0.5, 0.6) is 0 Å². The first-order valence-electron chi connectivity index (χ1n) is 12.9. The van der Waals surface area contributed by atoms with Gasteiger partial charge < -0.3 is 5.32 Å². The molecular weight excluding hydrogens is 449 g/mol. The van der Waals surface area contributed by atoms with Crippen molar-refractivity contribution in [3.63, 3.8) is 0 Å². The summed E-state index contributed by atoms with van der Waals surface area (Å²) in [6.07, 6.45) is 11.7. The number of benzene rings is 2. The van der Waals surface area contributed by atoms with Gasteiger partial charge >= 0.3 is 0 Å². The monoisotopic (exact) mass is 487 g/mol. The van der Waals surface area contributed by atoms with Crippen molar-refractivity contribution in [1.29, 1.82) is 0 Å². The summed E-state index contributed by atoms with van der Waals surface area (Å²) in [5.41, 5.74) is 4.31. The summed E-state index contributed by atoms with van der Waals surface area (Å²) in [4.78, 5) is 18.3. The van der Waals surface area contributed by atoms with Crippen molar-refractivity contribution in [2.45, 2.75) is 58.5 Å². The highest BCUT2D eigenvalue weighted by Gasteiger charge is 2.12. The number of halogens is 1. The number of carbonyl (C=O) groups is 1.